The molecule has 2 aliphatic heterocycles. The Labute approximate surface area is 434 Å². The number of aliphatic hydroxyl groups is 1. The van der Waals surface area contributed by atoms with E-state index in [1.165, 1.54) is 14.0 Å². The molecular weight excluding hydrogens is 925 g/mol. The average Bonchev–Trinajstić information content (AvgIpc) is 3.28. The van der Waals surface area contributed by atoms with E-state index in [2.05, 4.69) is 103 Å². The van der Waals surface area contributed by atoms with E-state index >= 15 is 0 Å². The summed E-state index contributed by atoms with van der Waals surface area (Å²) >= 11 is 1.63. The second-order valence-corrected chi connectivity index (χ2v) is 23.7. The molecule has 2 aliphatic rings. The first-order chi connectivity index (χ1) is 32.8. The Hall–Kier alpha value is -2.41. The zero-order valence-corrected chi connectivity index (χ0v) is 49.0. The molecule has 6 unspecified atom stereocenters. The fourth-order valence-electron chi connectivity index (χ4n) is 9.60. The second-order valence-electron chi connectivity index (χ2n) is 22.7. The fourth-order valence-corrected chi connectivity index (χ4v) is 10.7. The summed E-state index contributed by atoms with van der Waals surface area (Å²) in [6, 6.07) is 2.71. The van der Waals surface area contributed by atoms with Gasteiger partial charge in [0.15, 0.2) is 11.4 Å². The topological polar surface area (TPSA) is 176 Å². The highest BCUT2D eigenvalue weighted by Gasteiger charge is 2.47. The Kier molecular flexibility index (Phi) is 28.9. The van der Waals surface area contributed by atoms with Crippen molar-refractivity contribution in [2.45, 2.75) is 232 Å². The van der Waals surface area contributed by atoms with E-state index in [9.17, 15) is 24.3 Å². The summed E-state index contributed by atoms with van der Waals surface area (Å²) in [4.78, 5) is 61.6. The molecule has 0 aromatic carbocycles. The van der Waals surface area contributed by atoms with Crippen LogP contribution >= 0.6 is 11.8 Å². The molecule has 0 aliphatic carbocycles. The number of carbonyl (C=O) groups excluding carboxylic acids is 4. The van der Waals surface area contributed by atoms with Crippen LogP contribution in [0.1, 0.15) is 162 Å². The largest absolute Gasteiger partial charge is 0.460 e. The number of esters is 1. The van der Waals surface area contributed by atoms with Crippen LogP contribution in [0.4, 0.5) is 0 Å². The van der Waals surface area contributed by atoms with Gasteiger partial charge in [0, 0.05) is 62.4 Å². The number of aromatic nitrogens is 2. The van der Waals surface area contributed by atoms with Gasteiger partial charge >= 0.3 is 5.97 Å². The van der Waals surface area contributed by atoms with Crippen molar-refractivity contribution in [1.29, 1.82) is 0 Å². The lowest BCUT2D eigenvalue weighted by atomic mass is 9.79. The quantitative estimate of drug-likeness (QED) is 0.0588. The highest BCUT2D eigenvalue weighted by Crippen LogP contribution is 2.39. The lowest BCUT2D eigenvalue weighted by Crippen LogP contribution is -2.56. The van der Waals surface area contributed by atoms with Crippen LogP contribution < -0.4 is 0 Å². The van der Waals surface area contributed by atoms with Crippen LogP contribution in [0, 0.1) is 35.5 Å². The smallest absolute Gasteiger partial charge is 0.313 e. The van der Waals surface area contributed by atoms with Crippen molar-refractivity contribution in [2.24, 2.45) is 35.5 Å². The summed E-state index contributed by atoms with van der Waals surface area (Å²) in [5, 5.41) is 11.4. The number of rotatable bonds is 24. The first-order valence-electron chi connectivity index (χ1n) is 26.1. The maximum Gasteiger partial charge on any atom is 0.313 e. The summed E-state index contributed by atoms with van der Waals surface area (Å²) in [5.74, 6) is -0.941. The second kappa shape index (κ2) is 30.8. The van der Waals surface area contributed by atoms with Gasteiger partial charge in [-0.05, 0) is 127 Å². The molecule has 16 heteroatoms. The number of thioether (sulfide) groups is 1. The molecular formula is C55H100N4O11S. The summed E-state index contributed by atoms with van der Waals surface area (Å²) in [5.41, 5.74) is -1.99. The Morgan fingerprint density at radius 2 is 1.21 bits per heavy atom. The Morgan fingerprint density at radius 1 is 0.746 bits per heavy atom. The zero-order valence-electron chi connectivity index (χ0n) is 48.2. The molecule has 0 bridgehead atoms. The van der Waals surface area contributed by atoms with Crippen LogP contribution in [0.5, 0.6) is 0 Å². The van der Waals surface area contributed by atoms with Crippen LogP contribution in [-0.2, 0) is 47.6 Å². The first-order valence-corrected chi connectivity index (χ1v) is 27.0. The predicted molar refractivity (Wildman–Crippen MR) is 283 cm³/mol. The molecule has 0 saturated carbocycles. The summed E-state index contributed by atoms with van der Waals surface area (Å²) < 4.78 is 35.5. The monoisotopic (exact) mass is 1020 g/mol. The van der Waals surface area contributed by atoms with Gasteiger partial charge in [-0.3, -0.25) is 19.2 Å². The van der Waals surface area contributed by atoms with E-state index < -0.39 is 53.1 Å². The average molecular weight is 1030 g/mol. The van der Waals surface area contributed by atoms with Crippen molar-refractivity contribution < 1.29 is 52.7 Å². The molecule has 0 amide bonds. The van der Waals surface area contributed by atoms with Gasteiger partial charge in [-0.25, -0.2) is 9.97 Å². The summed E-state index contributed by atoms with van der Waals surface area (Å²) in [7, 11) is 11.7. The SMILES string of the molecule is CC1CC(N(C)C)C(C)[C@H](Sc2ncccn2)O1.CC[C@H](C)C[C@@](C)(OC)[C@H](O)[C@@H](C)C(=O)CC(=O)OC(C)(C)C.CC[C@H](C)C[C@@](C)(OC)[C@H](O[C@@H]1OC(C)CC(N(C)C)C1C)[C@@H](C)C(=O)CC(C)=O. The zero-order chi connectivity index (χ0) is 54.8. The van der Waals surface area contributed by atoms with Gasteiger partial charge in [-0.1, -0.05) is 80.0 Å². The standard InChI is InChI=1S/C24H45NO5.C18H34O5.C13H21N3OS/c1-11-15(2)14-24(7,28-10)22(19(6)21(27)12-16(3)26)30-23-18(5)20(25(8)9)13-17(4)29-23;1-9-12(2)11-18(7,22-8)16(21)13(3)14(19)10-15(20)23-17(4,5)6;1-9-8-11(16(3)4)10(2)12(17-9)18-13-14-6-5-7-15-13/h15,17-20,22-23H,11-14H2,1-10H3;12-13,16,21H,9-11H2,1-8H3;5-7,9-12H,8H2,1-4H3/t15-,17?,18?,19-,20?,22+,23-,24+;12-,13-,16+,18+;9?,10?,11?,12-/m000/s1. The number of nitrogens with zero attached hydrogens (tertiary/aromatic N) is 4. The van der Waals surface area contributed by atoms with E-state index in [0.717, 1.165) is 37.3 Å². The minimum absolute atomic E-state index is 0.0610. The lowest BCUT2D eigenvalue weighted by Gasteiger charge is -2.47. The molecule has 15 nitrogen and oxygen atoms in total. The normalized spacial score (nSPS) is 26.9. The molecule has 3 heterocycles. The number of ketones is 3. The molecule has 3 rings (SSSR count). The van der Waals surface area contributed by atoms with Crippen LogP contribution in [0.3, 0.4) is 0 Å². The Balaban J connectivity index is 0.000000550. The molecule has 2 fully saturated rings. The van der Waals surface area contributed by atoms with Crippen molar-refractivity contribution in [3.63, 3.8) is 0 Å². The van der Waals surface area contributed by atoms with Crippen molar-refractivity contribution >= 4 is 35.1 Å². The molecule has 1 aromatic heterocycles. The van der Waals surface area contributed by atoms with E-state index in [1.54, 1.807) is 65.9 Å². The third-order valence-electron chi connectivity index (χ3n) is 14.5. The van der Waals surface area contributed by atoms with Gasteiger partial charge < -0.3 is 43.3 Å². The van der Waals surface area contributed by atoms with Gasteiger partial charge in [-0.2, -0.15) is 0 Å². The molecule has 0 spiro atoms. The van der Waals surface area contributed by atoms with Gasteiger partial charge in [0.2, 0.25) is 0 Å². The van der Waals surface area contributed by atoms with Gasteiger partial charge in [0.1, 0.15) is 34.8 Å². The van der Waals surface area contributed by atoms with Gasteiger partial charge in [-0.15, -0.1) is 0 Å². The number of methoxy groups -OCH3 is 2. The number of carbonyl (C=O) groups is 4. The maximum atomic E-state index is 12.9. The third kappa shape index (κ3) is 22.1. The summed E-state index contributed by atoms with van der Waals surface area (Å²) in [6.07, 6.45) is 6.95. The molecule has 16 atom stereocenters. The van der Waals surface area contributed by atoms with Crippen molar-refractivity contribution in [3.8, 4) is 0 Å². The molecule has 71 heavy (non-hydrogen) atoms. The van der Waals surface area contributed by atoms with Crippen molar-refractivity contribution in [1.82, 2.24) is 19.8 Å². The van der Waals surface area contributed by atoms with Gasteiger partial charge in [0.25, 0.3) is 0 Å². The van der Waals surface area contributed by atoms with Crippen LogP contribution in [-0.4, -0.2) is 156 Å². The van der Waals surface area contributed by atoms with Crippen LogP contribution in [0.15, 0.2) is 23.6 Å². The third-order valence-corrected chi connectivity index (χ3v) is 15.7. The number of ether oxygens (including phenoxy) is 6. The fraction of sp³-hybridized carbons (Fsp3) is 0.855. The van der Waals surface area contributed by atoms with Crippen LogP contribution in [0.2, 0.25) is 0 Å². The Bertz CT molecular complexity index is 1730. The lowest BCUT2D eigenvalue weighted by molar-refractivity contribution is -0.280. The number of Topliss-reactive ketones (excluding diaryl/α,β-unsaturated/α-hetero) is 3. The van der Waals surface area contributed by atoms with E-state index in [-0.39, 0.29) is 53.8 Å². The Morgan fingerprint density at radius 3 is 1.66 bits per heavy atom. The first kappa shape index (κ1) is 66.6. The minimum atomic E-state index is -0.976. The van der Waals surface area contributed by atoms with Crippen LogP contribution in [0.25, 0.3) is 0 Å². The number of aliphatic hydroxyl groups excluding tert-OH is 1. The van der Waals surface area contributed by atoms with E-state index in [4.69, 9.17) is 28.4 Å². The highest BCUT2D eigenvalue weighted by molar-refractivity contribution is 7.99. The van der Waals surface area contributed by atoms with E-state index in [0.29, 0.717) is 36.3 Å². The molecule has 412 valence electrons. The van der Waals surface area contributed by atoms with Crippen molar-refractivity contribution in [2.75, 3.05) is 42.4 Å². The maximum absolute atomic E-state index is 12.9. The molecule has 2 saturated heterocycles. The van der Waals surface area contributed by atoms with E-state index in [1.807, 2.05) is 19.9 Å². The summed E-state index contributed by atoms with van der Waals surface area (Å²) in [6.45, 7) is 31.1. The minimum Gasteiger partial charge on any atom is -0.460 e. The molecule has 1 N–H and O–H groups in total. The number of hydrogen-bond acceptors (Lipinski definition) is 16. The molecule has 0 radical (unpaired) electrons. The highest BCUT2D eigenvalue weighted by atomic mass is 32.2. The predicted octanol–water partition coefficient (Wildman–Crippen LogP) is 9.49. The number of hydrogen-bond donors (Lipinski definition) is 1. The molecule has 1 aromatic rings. The van der Waals surface area contributed by atoms with Crippen molar-refractivity contribution in [3.05, 3.63) is 18.5 Å². The van der Waals surface area contributed by atoms with Gasteiger partial charge in [0.05, 0.1) is 42.0 Å².